The molecule has 0 aliphatic carbocycles. The Morgan fingerprint density at radius 1 is 1.50 bits per heavy atom. The Morgan fingerprint density at radius 2 is 2.23 bits per heavy atom. The minimum absolute atomic E-state index is 0.201. The third-order valence-electron chi connectivity index (χ3n) is 3.47. The summed E-state index contributed by atoms with van der Waals surface area (Å²) in [5.41, 5.74) is 9.64. The van der Waals surface area contributed by atoms with Crippen molar-refractivity contribution in [3.05, 3.63) is 23.8 Å². The molecule has 0 unspecified atom stereocenters. The molecule has 0 atom stereocenters. The summed E-state index contributed by atoms with van der Waals surface area (Å²) in [6, 6.07) is 7.22. The van der Waals surface area contributed by atoms with Crippen LogP contribution in [0.2, 0.25) is 0 Å². The van der Waals surface area contributed by atoms with E-state index < -0.39 is 11.4 Å². The normalized spacial score (nSPS) is 14.4. The van der Waals surface area contributed by atoms with Crippen molar-refractivity contribution in [3.8, 4) is 6.07 Å². The second-order valence-corrected chi connectivity index (χ2v) is 6.80. The first-order valence-corrected chi connectivity index (χ1v) is 8.12. The van der Waals surface area contributed by atoms with E-state index in [-0.39, 0.29) is 11.8 Å². The Kier molecular flexibility index (Phi) is 5.67. The first kappa shape index (κ1) is 19.1. The lowest BCUT2D eigenvalue weighted by Gasteiger charge is -2.26. The molecule has 9 nitrogen and oxygen atoms in total. The molecule has 0 aromatic heterocycles. The smallest absolute Gasteiger partial charge is 0.410 e. The number of amidine groups is 1. The zero-order chi connectivity index (χ0) is 19.3. The lowest BCUT2D eigenvalue weighted by molar-refractivity contribution is 0.0245. The largest absolute Gasteiger partial charge is 0.444 e. The van der Waals surface area contributed by atoms with E-state index in [1.54, 1.807) is 17.0 Å². The van der Waals surface area contributed by atoms with Gasteiger partial charge in [0.2, 0.25) is 5.71 Å². The number of nitrogens with two attached hydrogens (primary N) is 1. The summed E-state index contributed by atoms with van der Waals surface area (Å²) >= 11 is 0. The maximum Gasteiger partial charge on any atom is 0.410 e. The van der Waals surface area contributed by atoms with Gasteiger partial charge >= 0.3 is 6.09 Å². The minimum Gasteiger partial charge on any atom is -0.444 e. The molecule has 2 rings (SSSR count). The van der Waals surface area contributed by atoms with Crippen molar-refractivity contribution in [2.24, 2.45) is 10.8 Å². The van der Waals surface area contributed by atoms with Crippen molar-refractivity contribution in [1.29, 1.82) is 10.7 Å². The SMILES string of the molecule is CC(C)(C)OC(=O)N1CCNc2ccc(N/N=C(\C#N)C(=N)N)cc2C1. The predicted octanol–water partition coefficient (Wildman–Crippen LogP) is 2.08. The van der Waals surface area contributed by atoms with Crippen LogP contribution in [0.3, 0.4) is 0 Å². The van der Waals surface area contributed by atoms with Crippen LogP contribution in [-0.4, -0.2) is 41.2 Å². The maximum atomic E-state index is 12.4. The number of rotatable bonds is 3. The summed E-state index contributed by atoms with van der Waals surface area (Å²) in [5, 5.41) is 23.2. The van der Waals surface area contributed by atoms with Crippen LogP contribution in [0.15, 0.2) is 23.3 Å². The molecule has 26 heavy (non-hydrogen) atoms. The van der Waals surface area contributed by atoms with E-state index in [1.165, 1.54) is 0 Å². The number of hydrogen-bond donors (Lipinski definition) is 4. The molecule has 0 bridgehead atoms. The number of benzene rings is 1. The van der Waals surface area contributed by atoms with Gasteiger partial charge in [0.1, 0.15) is 11.7 Å². The van der Waals surface area contributed by atoms with Gasteiger partial charge in [-0.15, -0.1) is 0 Å². The monoisotopic (exact) mass is 357 g/mol. The molecule has 138 valence electrons. The Morgan fingerprint density at radius 3 is 2.85 bits per heavy atom. The molecule has 0 radical (unpaired) electrons. The van der Waals surface area contributed by atoms with Crippen LogP contribution in [0.4, 0.5) is 16.2 Å². The molecular formula is C17H23N7O2. The first-order chi connectivity index (χ1) is 12.2. The second-order valence-electron chi connectivity index (χ2n) is 6.80. The van der Waals surface area contributed by atoms with Crippen LogP contribution in [0.5, 0.6) is 0 Å². The van der Waals surface area contributed by atoms with Crippen molar-refractivity contribution in [1.82, 2.24) is 4.90 Å². The molecule has 1 amide bonds. The highest BCUT2D eigenvalue weighted by Crippen LogP contribution is 2.25. The van der Waals surface area contributed by atoms with Crippen molar-refractivity contribution < 1.29 is 9.53 Å². The van der Waals surface area contributed by atoms with Crippen molar-refractivity contribution in [2.75, 3.05) is 23.8 Å². The van der Waals surface area contributed by atoms with Gasteiger partial charge in [0.15, 0.2) is 5.84 Å². The van der Waals surface area contributed by atoms with Gasteiger partial charge in [-0.25, -0.2) is 4.79 Å². The van der Waals surface area contributed by atoms with Crippen LogP contribution >= 0.6 is 0 Å². The molecule has 0 spiro atoms. The van der Waals surface area contributed by atoms with E-state index in [9.17, 15) is 4.79 Å². The Labute approximate surface area is 152 Å². The molecule has 5 N–H and O–H groups in total. The number of anilines is 2. The van der Waals surface area contributed by atoms with Crippen LogP contribution in [0, 0.1) is 16.7 Å². The second kappa shape index (κ2) is 7.74. The van der Waals surface area contributed by atoms with Crippen LogP contribution in [-0.2, 0) is 11.3 Å². The fourth-order valence-electron chi connectivity index (χ4n) is 2.32. The van der Waals surface area contributed by atoms with Crippen molar-refractivity contribution in [2.45, 2.75) is 32.9 Å². The van der Waals surface area contributed by atoms with Crippen molar-refractivity contribution in [3.63, 3.8) is 0 Å². The molecule has 0 saturated carbocycles. The fraction of sp³-hybridized carbons (Fsp3) is 0.412. The van der Waals surface area contributed by atoms with E-state index >= 15 is 0 Å². The highest BCUT2D eigenvalue weighted by Gasteiger charge is 2.24. The number of amides is 1. The number of fused-ring (bicyclic) bond motifs is 1. The van der Waals surface area contributed by atoms with E-state index in [0.29, 0.717) is 25.3 Å². The number of carbonyl (C=O) groups excluding carboxylic acids is 1. The lowest BCUT2D eigenvalue weighted by Crippen LogP contribution is -2.37. The maximum absolute atomic E-state index is 12.4. The molecule has 1 aliphatic rings. The summed E-state index contributed by atoms with van der Waals surface area (Å²) in [7, 11) is 0. The topological polar surface area (TPSA) is 140 Å². The molecule has 9 heteroatoms. The van der Waals surface area contributed by atoms with Gasteiger partial charge in [-0.05, 0) is 44.5 Å². The summed E-state index contributed by atoms with van der Waals surface area (Å²) in [6.07, 6.45) is -0.369. The zero-order valence-corrected chi connectivity index (χ0v) is 15.1. The van der Waals surface area contributed by atoms with Gasteiger partial charge in [-0.2, -0.15) is 10.4 Å². The summed E-state index contributed by atoms with van der Waals surface area (Å²) in [5.74, 6) is -0.410. The van der Waals surface area contributed by atoms with E-state index in [0.717, 1.165) is 11.3 Å². The van der Waals surface area contributed by atoms with Gasteiger partial charge < -0.3 is 20.7 Å². The number of ether oxygens (including phenoxy) is 1. The Balaban J connectivity index is 2.18. The molecule has 1 heterocycles. The molecule has 0 fully saturated rings. The van der Waals surface area contributed by atoms with Gasteiger partial charge in [-0.1, -0.05) is 0 Å². The molecular weight excluding hydrogens is 334 g/mol. The number of nitrogens with one attached hydrogen (secondary N) is 3. The highest BCUT2D eigenvalue weighted by atomic mass is 16.6. The van der Waals surface area contributed by atoms with Crippen molar-refractivity contribution >= 4 is 29.0 Å². The van der Waals surface area contributed by atoms with E-state index in [4.69, 9.17) is 21.1 Å². The van der Waals surface area contributed by atoms with E-state index in [2.05, 4.69) is 15.8 Å². The number of carbonyl (C=O) groups is 1. The zero-order valence-electron chi connectivity index (χ0n) is 15.1. The summed E-state index contributed by atoms with van der Waals surface area (Å²) < 4.78 is 5.45. The van der Waals surface area contributed by atoms with E-state index in [1.807, 2.05) is 32.9 Å². The minimum atomic E-state index is -0.557. The number of nitriles is 1. The Bertz CT molecular complexity index is 774. The predicted molar refractivity (Wildman–Crippen MR) is 100 cm³/mol. The molecule has 1 aromatic rings. The summed E-state index contributed by atoms with van der Waals surface area (Å²) in [6.45, 7) is 7.01. The Hall–Kier alpha value is -3.28. The van der Waals surface area contributed by atoms with Gasteiger partial charge in [0, 0.05) is 18.8 Å². The van der Waals surface area contributed by atoms with Gasteiger partial charge in [-0.3, -0.25) is 10.8 Å². The molecule has 0 saturated heterocycles. The number of nitrogens with zero attached hydrogens (tertiary/aromatic N) is 3. The average Bonchev–Trinajstić information content (AvgIpc) is 2.75. The quantitative estimate of drug-likeness (QED) is 0.371. The van der Waals surface area contributed by atoms with Gasteiger partial charge in [0.05, 0.1) is 12.2 Å². The third-order valence-corrected chi connectivity index (χ3v) is 3.47. The lowest BCUT2D eigenvalue weighted by atomic mass is 10.1. The average molecular weight is 357 g/mol. The highest BCUT2D eigenvalue weighted by molar-refractivity contribution is 6.45. The standard InChI is InChI=1S/C17H23N7O2/c1-17(2,3)26-16(25)24-7-6-21-13-5-4-12(8-11(13)10-24)22-23-14(9-18)15(19)20/h4-5,8,21-22H,6-7,10H2,1-3H3,(H3,19,20)/b23-14+. The number of hydrazone groups is 1. The molecule has 1 aromatic carbocycles. The summed E-state index contributed by atoms with van der Waals surface area (Å²) in [4.78, 5) is 14.0. The molecule has 1 aliphatic heterocycles. The van der Waals surface area contributed by atoms with Crippen LogP contribution in [0.1, 0.15) is 26.3 Å². The fourth-order valence-corrected chi connectivity index (χ4v) is 2.32. The third kappa shape index (κ3) is 5.11. The van der Waals surface area contributed by atoms with Crippen LogP contribution < -0.4 is 16.5 Å². The number of hydrogen-bond acceptors (Lipinski definition) is 7. The van der Waals surface area contributed by atoms with Crippen LogP contribution in [0.25, 0.3) is 0 Å². The first-order valence-electron chi connectivity index (χ1n) is 8.12. The van der Waals surface area contributed by atoms with Gasteiger partial charge in [0.25, 0.3) is 0 Å².